The van der Waals surface area contributed by atoms with Crippen molar-refractivity contribution in [2.45, 2.75) is 45.6 Å². The molecule has 0 aliphatic rings. The van der Waals surface area contributed by atoms with Crippen molar-refractivity contribution >= 4 is 34.4 Å². The van der Waals surface area contributed by atoms with Crippen molar-refractivity contribution < 1.29 is 34.1 Å². The fraction of sp³-hybridized carbons (Fsp3) is 0.562. The van der Waals surface area contributed by atoms with Crippen LogP contribution in [0.4, 0.5) is 9.80 Å². The highest BCUT2D eigenvalue weighted by Gasteiger charge is 2.27. The van der Waals surface area contributed by atoms with Crippen LogP contribution in [0.1, 0.15) is 64.6 Å². The SMILES string of the molecule is CCCCCCCOC(=O)Nc1sc(C(=O)O)c(COC)c1C(=O)O. The molecule has 0 atom stereocenters. The molecule has 1 aromatic rings. The Morgan fingerprint density at radius 2 is 1.76 bits per heavy atom. The molecule has 0 spiro atoms. The van der Waals surface area contributed by atoms with E-state index >= 15 is 0 Å². The maximum Gasteiger partial charge on any atom is 0.412 e. The predicted octanol–water partition coefficient (Wildman–Crippen LogP) is 3.81. The molecule has 0 saturated heterocycles. The van der Waals surface area contributed by atoms with Crippen molar-refractivity contribution in [1.82, 2.24) is 0 Å². The van der Waals surface area contributed by atoms with E-state index < -0.39 is 18.0 Å². The second-order valence-corrected chi connectivity index (χ2v) is 6.35. The standard InChI is InChI=1S/C16H23NO7S/c1-3-4-5-6-7-8-24-16(22)17-13-11(14(18)19)10(9-23-2)12(25-13)15(20)21/h3-9H2,1-2H3,(H,17,22)(H,18,19)(H,20,21). The average molecular weight is 373 g/mol. The summed E-state index contributed by atoms with van der Waals surface area (Å²) in [5.41, 5.74) is -0.272. The lowest BCUT2D eigenvalue weighted by Crippen LogP contribution is -2.16. The van der Waals surface area contributed by atoms with Gasteiger partial charge in [0.2, 0.25) is 0 Å². The van der Waals surface area contributed by atoms with E-state index in [-0.39, 0.29) is 34.2 Å². The molecule has 8 nitrogen and oxygen atoms in total. The lowest BCUT2D eigenvalue weighted by molar-refractivity contribution is 0.0693. The van der Waals surface area contributed by atoms with Crippen molar-refractivity contribution in [2.24, 2.45) is 0 Å². The summed E-state index contributed by atoms with van der Waals surface area (Å²) in [6.07, 6.45) is 4.18. The number of hydrogen-bond acceptors (Lipinski definition) is 6. The summed E-state index contributed by atoms with van der Waals surface area (Å²) in [4.78, 5) is 34.4. The molecule has 0 unspecified atom stereocenters. The molecule has 0 bridgehead atoms. The molecule has 140 valence electrons. The van der Waals surface area contributed by atoms with E-state index in [0.717, 1.165) is 32.1 Å². The molecule has 1 heterocycles. The molecular formula is C16H23NO7S. The van der Waals surface area contributed by atoms with Gasteiger partial charge >= 0.3 is 18.0 Å². The molecule has 1 amide bonds. The lowest BCUT2D eigenvalue weighted by Gasteiger charge is -2.07. The summed E-state index contributed by atoms with van der Waals surface area (Å²) in [6, 6.07) is 0. The van der Waals surface area contributed by atoms with Crippen LogP contribution in [0.15, 0.2) is 0 Å². The Morgan fingerprint density at radius 1 is 1.08 bits per heavy atom. The molecule has 1 rings (SSSR count). The number of hydrogen-bond donors (Lipinski definition) is 3. The summed E-state index contributed by atoms with van der Waals surface area (Å²) < 4.78 is 9.89. The monoisotopic (exact) mass is 373 g/mol. The Kier molecular flexibility index (Phi) is 8.93. The van der Waals surface area contributed by atoms with Gasteiger partial charge in [0.25, 0.3) is 0 Å². The van der Waals surface area contributed by atoms with E-state index in [1.165, 1.54) is 7.11 Å². The number of carboxylic acid groups (broad SMARTS) is 2. The average Bonchev–Trinajstić information content (AvgIpc) is 2.89. The van der Waals surface area contributed by atoms with E-state index in [9.17, 15) is 24.6 Å². The summed E-state index contributed by atoms with van der Waals surface area (Å²) in [6.45, 7) is 2.14. The van der Waals surface area contributed by atoms with Crippen molar-refractivity contribution in [1.29, 1.82) is 0 Å². The Balaban J connectivity index is 2.76. The number of carbonyl (C=O) groups excluding carboxylic acids is 1. The van der Waals surface area contributed by atoms with E-state index in [1.54, 1.807) is 0 Å². The molecule has 25 heavy (non-hydrogen) atoms. The van der Waals surface area contributed by atoms with Crippen molar-refractivity contribution in [3.63, 3.8) is 0 Å². The molecule has 0 aliphatic heterocycles. The number of unbranched alkanes of at least 4 members (excludes halogenated alkanes) is 4. The Hall–Kier alpha value is -2.13. The number of anilines is 1. The zero-order valence-corrected chi connectivity index (χ0v) is 15.1. The zero-order chi connectivity index (χ0) is 18.8. The Bertz CT molecular complexity index is 612. The molecule has 0 fully saturated rings. The van der Waals surface area contributed by atoms with Gasteiger partial charge in [0.05, 0.1) is 13.2 Å². The first-order valence-corrected chi connectivity index (χ1v) is 8.78. The Morgan fingerprint density at radius 3 is 2.32 bits per heavy atom. The van der Waals surface area contributed by atoms with E-state index in [0.29, 0.717) is 11.3 Å². The first-order valence-electron chi connectivity index (χ1n) is 7.97. The summed E-state index contributed by atoms with van der Waals surface area (Å²) in [7, 11) is 1.33. The molecule has 3 N–H and O–H groups in total. The van der Waals surface area contributed by atoms with Crippen molar-refractivity contribution in [3.05, 3.63) is 16.0 Å². The minimum absolute atomic E-state index is 0.0161. The fourth-order valence-electron chi connectivity index (χ4n) is 2.23. The van der Waals surface area contributed by atoms with Gasteiger partial charge < -0.3 is 19.7 Å². The van der Waals surface area contributed by atoms with Crippen LogP contribution in [-0.4, -0.2) is 42.0 Å². The normalized spacial score (nSPS) is 10.5. The van der Waals surface area contributed by atoms with E-state index in [1.807, 2.05) is 0 Å². The number of ether oxygens (including phenoxy) is 2. The van der Waals surface area contributed by atoms with Crippen LogP contribution in [0.3, 0.4) is 0 Å². The second-order valence-electron chi connectivity index (χ2n) is 5.33. The number of aromatic carboxylic acids is 2. The first kappa shape index (κ1) is 20.9. The van der Waals surface area contributed by atoms with Gasteiger partial charge in [-0.1, -0.05) is 32.6 Å². The molecule has 0 aliphatic carbocycles. The summed E-state index contributed by atoms with van der Waals surface area (Å²) >= 11 is 0.669. The second kappa shape index (κ2) is 10.7. The number of methoxy groups -OCH3 is 1. The number of nitrogens with one attached hydrogen (secondary N) is 1. The van der Waals surface area contributed by atoms with Crippen LogP contribution in [0, 0.1) is 0 Å². The van der Waals surface area contributed by atoms with Gasteiger partial charge in [0.15, 0.2) is 0 Å². The molecule has 0 saturated carbocycles. The van der Waals surface area contributed by atoms with Gasteiger partial charge in [-0.2, -0.15) is 0 Å². The zero-order valence-electron chi connectivity index (χ0n) is 14.3. The number of thiophene rings is 1. The summed E-state index contributed by atoms with van der Waals surface area (Å²) in [5.74, 6) is -2.62. The van der Waals surface area contributed by atoms with Gasteiger partial charge in [-0.15, -0.1) is 11.3 Å². The van der Waals surface area contributed by atoms with Gasteiger partial charge in [-0.25, -0.2) is 14.4 Å². The topological polar surface area (TPSA) is 122 Å². The molecular weight excluding hydrogens is 350 g/mol. The van der Waals surface area contributed by atoms with Crippen LogP contribution in [0.2, 0.25) is 0 Å². The number of rotatable bonds is 11. The molecule has 0 aromatic carbocycles. The highest BCUT2D eigenvalue weighted by Crippen LogP contribution is 2.34. The Labute approximate surface area is 149 Å². The maximum atomic E-state index is 11.8. The highest BCUT2D eigenvalue weighted by atomic mass is 32.1. The van der Waals surface area contributed by atoms with Crippen LogP contribution in [0.5, 0.6) is 0 Å². The maximum absolute atomic E-state index is 11.8. The minimum atomic E-state index is -1.34. The van der Waals surface area contributed by atoms with Crippen LogP contribution in [0.25, 0.3) is 0 Å². The third-order valence-electron chi connectivity index (χ3n) is 3.40. The number of amides is 1. The van der Waals surface area contributed by atoms with Crippen LogP contribution < -0.4 is 5.32 Å². The van der Waals surface area contributed by atoms with Gasteiger partial charge in [0.1, 0.15) is 15.4 Å². The number of carbonyl (C=O) groups is 3. The van der Waals surface area contributed by atoms with Crippen molar-refractivity contribution in [2.75, 3.05) is 19.0 Å². The van der Waals surface area contributed by atoms with E-state index in [4.69, 9.17) is 9.47 Å². The predicted molar refractivity (Wildman–Crippen MR) is 92.7 cm³/mol. The summed E-state index contributed by atoms with van der Waals surface area (Å²) in [5, 5.41) is 20.8. The van der Waals surface area contributed by atoms with Crippen molar-refractivity contribution in [3.8, 4) is 0 Å². The molecule has 0 radical (unpaired) electrons. The molecule has 9 heteroatoms. The quantitative estimate of drug-likeness (QED) is 0.504. The third-order valence-corrected chi connectivity index (χ3v) is 4.54. The van der Waals surface area contributed by atoms with Gasteiger partial charge in [-0.05, 0) is 6.42 Å². The largest absolute Gasteiger partial charge is 0.478 e. The number of carboxylic acids is 2. The van der Waals surface area contributed by atoms with Crippen LogP contribution >= 0.6 is 11.3 Å². The first-order chi connectivity index (χ1) is 11.9. The van der Waals surface area contributed by atoms with Gasteiger partial charge in [-0.3, -0.25) is 5.32 Å². The minimum Gasteiger partial charge on any atom is -0.478 e. The van der Waals surface area contributed by atoms with E-state index in [2.05, 4.69) is 12.2 Å². The highest BCUT2D eigenvalue weighted by molar-refractivity contribution is 7.18. The lowest BCUT2D eigenvalue weighted by atomic mass is 10.1. The van der Waals surface area contributed by atoms with Gasteiger partial charge in [0, 0.05) is 12.7 Å². The molecule has 1 aromatic heterocycles. The fourth-order valence-corrected chi connectivity index (χ4v) is 3.26. The smallest absolute Gasteiger partial charge is 0.412 e. The third kappa shape index (κ3) is 6.35. The van der Waals surface area contributed by atoms with Crippen LogP contribution in [-0.2, 0) is 16.1 Å².